The number of hydrogen-bond acceptors (Lipinski definition) is 3. The average molecular weight is 311 g/mol. The van der Waals surface area contributed by atoms with Gasteiger partial charge >= 0.3 is 6.03 Å². The number of amides is 2. The molecule has 106 valence electrons. The Kier molecular flexibility index (Phi) is 5.40. The van der Waals surface area contributed by atoms with Crippen LogP contribution in [-0.2, 0) is 6.54 Å². The molecule has 0 aliphatic heterocycles. The number of nitrogens with one attached hydrogen (secondary N) is 2. The molecule has 1 atom stereocenters. The van der Waals surface area contributed by atoms with Crippen molar-refractivity contribution in [3.05, 3.63) is 57.2 Å². The molecule has 2 aromatic rings. The summed E-state index contributed by atoms with van der Waals surface area (Å²) >= 11 is 7.37. The van der Waals surface area contributed by atoms with Crippen LogP contribution in [0.4, 0.5) is 4.79 Å². The number of benzene rings is 1. The number of urea groups is 1. The molecule has 3 N–H and O–H groups in total. The Morgan fingerprint density at radius 3 is 2.90 bits per heavy atom. The zero-order valence-electron chi connectivity index (χ0n) is 10.7. The van der Waals surface area contributed by atoms with Crippen molar-refractivity contribution in [2.75, 3.05) is 6.54 Å². The zero-order valence-corrected chi connectivity index (χ0v) is 12.2. The van der Waals surface area contributed by atoms with Crippen LogP contribution in [0.1, 0.15) is 17.2 Å². The van der Waals surface area contributed by atoms with E-state index < -0.39 is 6.10 Å². The molecule has 0 fully saturated rings. The topological polar surface area (TPSA) is 61.4 Å². The molecule has 4 nitrogen and oxygen atoms in total. The van der Waals surface area contributed by atoms with E-state index in [1.165, 1.54) is 11.3 Å². The number of hydrogen-bond donors (Lipinski definition) is 3. The van der Waals surface area contributed by atoms with E-state index in [1.54, 1.807) is 12.1 Å². The smallest absolute Gasteiger partial charge is 0.315 e. The Bertz CT molecular complexity index is 560. The van der Waals surface area contributed by atoms with E-state index >= 15 is 0 Å². The highest BCUT2D eigenvalue weighted by atomic mass is 35.5. The summed E-state index contributed by atoms with van der Waals surface area (Å²) in [7, 11) is 0. The first-order valence-corrected chi connectivity index (χ1v) is 7.43. The number of halogens is 1. The third kappa shape index (κ3) is 4.52. The lowest BCUT2D eigenvalue weighted by Crippen LogP contribution is -2.37. The van der Waals surface area contributed by atoms with Crippen LogP contribution in [-0.4, -0.2) is 17.7 Å². The number of rotatable bonds is 5. The van der Waals surface area contributed by atoms with E-state index in [0.717, 1.165) is 11.1 Å². The molecule has 1 aromatic heterocycles. The minimum Gasteiger partial charge on any atom is -0.387 e. The Balaban J connectivity index is 1.73. The molecule has 2 rings (SSSR count). The Hall–Kier alpha value is -1.56. The molecule has 0 saturated heterocycles. The summed E-state index contributed by atoms with van der Waals surface area (Å²) in [5.41, 5.74) is 1.73. The van der Waals surface area contributed by atoms with E-state index in [4.69, 9.17) is 11.6 Å². The van der Waals surface area contributed by atoms with E-state index in [1.807, 2.05) is 29.0 Å². The molecule has 6 heteroatoms. The molecule has 1 aromatic carbocycles. The maximum Gasteiger partial charge on any atom is 0.315 e. The Morgan fingerprint density at radius 1 is 1.35 bits per heavy atom. The van der Waals surface area contributed by atoms with Crippen LogP contribution in [0.2, 0.25) is 5.02 Å². The largest absolute Gasteiger partial charge is 0.387 e. The molecule has 0 radical (unpaired) electrons. The molecular weight excluding hydrogens is 296 g/mol. The van der Waals surface area contributed by atoms with E-state index in [2.05, 4.69) is 10.6 Å². The summed E-state index contributed by atoms with van der Waals surface area (Å²) in [6.07, 6.45) is -0.682. The summed E-state index contributed by atoms with van der Waals surface area (Å²) in [4.78, 5) is 11.6. The number of aliphatic hydroxyl groups excluding tert-OH is 1. The van der Waals surface area contributed by atoms with E-state index in [0.29, 0.717) is 11.6 Å². The van der Waals surface area contributed by atoms with Crippen molar-refractivity contribution in [1.82, 2.24) is 10.6 Å². The van der Waals surface area contributed by atoms with Crippen molar-refractivity contribution in [1.29, 1.82) is 0 Å². The van der Waals surface area contributed by atoms with Gasteiger partial charge in [-0.1, -0.05) is 23.7 Å². The van der Waals surface area contributed by atoms with Gasteiger partial charge in [0.1, 0.15) is 0 Å². The number of carbonyl (C=O) groups excluding carboxylic acids is 1. The average Bonchev–Trinajstić information content (AvgIpc) is 2.97. The summed E-state index contributed by atoms with van der Waals surface area (Å²) in [5.74, 6) is 0. The second kappa shape index (κ2) is 7.28. The molecule has 0 unspecified atom stereocenters. The highest BCUT2D eigenvalue weighted by Gasteiger charge is 2.09. The maximum absolute atomic E-state index is 11.6. The van der Waals surface area contributed by atoms with Crippen LogP contribution in [0.25, 0.3) is 0 Å². The van der Waals surface area contributed by atoms with Crippen molar-refractivity contribution in [3.63, 3.8) is 0 Å². The highest BCUT2D eigenvalue weighted by Crippen LogP contribution is 2.15. The fraction of sp³-hybridized carbons (Fsp3) is 0.214. The molecule has 0 saturated carbocycles. The minimum absolute atomic E-state index is 0.179. The predicted molar refractivity (Wildman–Crippen MR) is 81.0 cm³/mol. The number of carbonyl (C=O) groups is 1. The summed E-state index contributed by atoms with van der Waals surface area (Å²) in [5, 5.41) is 19.5. The van der Waals surface area contributed by atoms with Gasteiger partial charge in [0.2, 0.25) is 0 Å². The molecule has 2 amide bonds. The molecule has 20 heavy (non-hydrogen) atoms. The van der Waals surface area contributed by atoms with Gasteiger partial charge in [-0.2, -0.15) is 11.3 Å². The molecule has 0 spiro atoms. The van der Waals surface area contributed by atoms with Crippen LogP contribution in [0.3, 0.4) is 0 Å². The van der Waals surface area contributed by atoms with Gasteiger partial charge in [-0.25, -0.2) is 4.79 Å². The van der Waals surface area contributed by atoms with Crippen LogP contribution < -0.4 is 10.6 Å². The first kappa shape index (κ1) is 14.8. The maximum atomic E-state index is 11.6. The van der Waals surface area contributed by atoms with Gasteiger partial charge in [0.05, 0.1) is 6.10 Å². The molecule has 0 aliphatic carbocycles. The van der Waals surface area contributed by atoms with Gasteiger partial charge in [0.25, 0.3) is 0 Å². The Morgan fingerprint density at radius 2 is 2.20 bits per heavy atom. The second-order valence-electron chi connectivity index (χ2n) is 4.27. The van der Waals surface area contributed by atoms with Crippen molar-refractivity contribution in [2.24, 2.45) is 0 Å². The quantitative estimate of drug-likeness (QED) is 0.795. The standard InChI is InChI=1S/C14H15ClN2O2S/c15-12-3-1-2-10(6-12)7-16-14(19)17-8-13(18)11-4-5-20-9-11/h1-6,9,13,18H,7-8H2,(H2,16,17,19)/t13-/m0/s1. The minimum atomic E-state index is -0.682. The first-order chi connectivity index (χ1) is 9.65. The normalized spacial score (nSPS) is 11.9. The summed E-state index contributed by atoms with van der Waals surface area (Å²) < 4.78 is 0. The molecule has 0 bridgehead atoms. The summed E-state index contributed by atoms with van der Waals surface area (Å²) in [6, 6.07) is 8.80. The lowest BCUT2D eigenvalue weighted by Gasteiger charge is -2.11. The predicted octanol–water partition coefficient (Wildman–Crippen LogP) is 2.93. The van der Waals surface area contributed by atoms with E-state index in [9.17, 15) is 9.90 Å². The van der Waals surface area contributed by atoms with Crippen molar-refractivity contribution in [2.45, 2.75) is 12.6 Å². The van der Waals surface area contributed by atoms with Crippen LogP contribution in [0.5, 0.6) is 0 Å². The lowest BCUT2D eigenvalue weighted by atomic mass is 10.2. The third-order valence-corrected chi connectivity index (χ3v) is 3.66. The molecule has 0 aliphatic rings. The fourth-order valence-corrected chi connectivity index (χ4v) is 2.58. The van der Waals surface area contributed by atoms with Gasteiger partial charge in [0.15, 0.2) is 0 Å². The van der Waals surface area contributed by atoms with Gasteiger partial charge in [0, 0.05) is 18.1 Å². The lowest BCUT2D eigenvalue weighted by molar-refractivity contribution is 0.173. The van der Waals surface area contributed by atoms with Crippen molar-refractivity contribution in [3.8, 4) is 0 Å². The molecular formula is C14H15ClN2O2S. The third-order valence-electron chi connectivity index (χ3n) is 2.73. The van der Waals surface area contributed by atoms with E-state index in [-0.39, 0.29) is 12.6 Å². The van der Waals surface area contributed by atoms with Gasteiger partial charge in [-0.15, -0.1) is 0 Å². The van der Waals surface area contributed by atoms with Crippen LogP contribution in [0.15, 0.2) is 41.1 Å². The fourth-order valence-electron chi connectivity index (χ4n) is 1.66. The SMILES string of the molecule is O=C(NCc1cccc(Cl)c1)NC[C@H](O)c1ccsc1. The number of aliphatic hydroxyl groups is 1. The number of thiophene rings is 1. The van der Waals surface area contributed by atoms with Crippen LogP contribution >= 0.6 is 22.9 Å². The molecule has 1 heterocycles. The summed E-state index contributed by atoms with van der Waals surface area (Å²) in [6.45, 7) is 0.569. The monoisotopic (exact) mass is 310 g/mol. The van der Waals surface area contributed by atoms with Gasteiger partial charge in [-0.3, -0.25) is 0 Å². The van der Waals surface area contributed by atoms with Crippen molar-refractivity contribution >= 4 is 29.0 Å². The van der Waals surface area contributed by atoms with Crippen molar-refractivity contribution < 1.29 is 9.90 Å². The second-order valence-corrected chi connectivity index (χ2v) is 5.48. The zero-order chi connectivity index (χ0) is 14.4. The first-order valence-electron chi connectivity index (χ1n) is 6.11. The van der Waals surface area contributed by atoms with Gasteiger partial charge < -0.3 is 15.7 Å². The van der Waals surface area contributed by atoms with Gasteiger partial charge in [-0.05, 0) is 40.1 Å². The Labute approximate surface area is 126 Å². The highest BCUT2D eigenvalue weighted by molar-refractivity contribution is 7.07. The van der Waals surface area contributed by atoms with Crippen LogP contribution in [0, 0.1) is 0 Å².